The first kappa shape index (κ1) is 19.0. The molecule has 6 nitrogen and oxygen atoms in total. The standard InChI is InChI=1S/C16H22N2O4S/c1-11(2)21-15(19)14-12(3)13(10-23-14)22-16(20)18-9-7-5-4-6-8-17/h10-11H,4-7,9H2,1-3H3,(H,18,20). The van der Waals surface area contributed by atoms with Crippen LogP contribution in [0.1, 0.15) is 54.8 Å². The fourth-order valence-corrected chi connectivity index (χ4v) is 2.67. The summed E-state index contributed by atoms with van der Waals surface area (Å²) in [5, 5.41) is 12.7. The first-order valence-corrected chi connectivity index (χ1v) is 8.45. The average molecular weight is 338 g/mol. The Morgan fingerprint density at radius 2 is 2.09 bits per heavy atom. The fraction of sp³-hybridized carbons (Fsp3) is 0.562. The molecular formula is C16H22N2O4S. The van der Waals surface area contributed by atoms with Gasteiger partial charge in [-0.1, -0.05) is 6.42 Å². The minimum Gasteiger partial charge on any atom is -0.459 e. The van der Waals surface area contributed by atoms with Gasteiger partial charge in [0.25, 0.3) is 0 Å². The van der Waals surface area contributed by atoms with Gasteiger partial charge in [0.05, 0.1) is 12.2 Å². The Kier molecular flexibility index (Phi) is 8.13. The molecule has 0 aliphatic heterocycles. The van der Waals surface area contributed by atoms with Crippen LogP contribution in [0.2, 0.25) is 0 Å². The van der Waals surface area contributed by atoms with E-state index in [0.29, 0.717) is 29.2 Å². The number of ether oxygens (including phenoxy) is 2. The van der Waals surface area contributed by atoms with Crippen LogP contribution in [0.25, 0.3) is 0 Å². The quantitative estimate of drug-likeness (QED) is 0.575. The van der Waals surface area contributed by atoms with E-state index in [9.17, 15) is 9.59 Å². The minimum absolute atomic E-state index is 0.197. The molecule has 1 aromatic rings. The molecule has 0 spiro atoms. The highest BCUT2D eigenvalue weighted by molar-refractivity contribution is 7.12. The number of carbonyl (C=O) groups excluding carboxylic acids is 2. The highest BCUT2D eigenvalue weighted by Crippen LogP contribution is 2.29. The zero-order chi connectivity index (χ0) is 17.2. The first-order chi connectivity index (χ1) is 11.0. The predicted molar refractivity (Wildman–Crippen MR) is 87.7 cm³/mol. The van der Waals surface area contributed by atoms with E-state index in [1.807, 2.05) is 0 Å². The van der Waals surface area contributed by atoms with Gasteiger partial charge < -0.3 is 14.8 Å². The van der Waals surface area contributed by atoms with Gasteiger partial charge in [0.2, 0.25) is 0 Å². The highest BCUT2D eigenvalue weighted by Gasteiger charge is 2.19. The van der Waals surface area contributed by atoms with Crippen LogP contribution < -0.4 is 10.1 Å². The summed E-state index contributed by atoms with van der Waals surface area (Å²) in [5.41, 5.74) is 0.602. The van der Waals surface area contributed by atoms with Crippen LogP contribution in [0.5, 0.6) is 5.75 Å². The molecule has 7 heteroatoms. The Bertz CT molecular complexity index is 575. The van der Waals surface area contributed by atoms with Gasteiger partial charge in [-0.05, 0) is 33.6 Å². The number of thiophene rings is 1. The fourth-order valence-electron chi connectivity index (χ4n) is 1.80. The Hall–Kier alpha value is -2.07. The van der Waals surface area contributed by atoms with Crippen LogP contribution in [-0.4, -0.2) is 24.7 Å². The van der Waals surface area contributed by atoms with Crippen molar-refractivity contribution in [2.75, 3.05) is 6.54 Å². The van der Waals surface area contributed by atoms with E-state index in [4.69, 9.17) is 14.7 Å². The van der Waals surface area contributed by atoms with Crippen molar-refractivity contribution in [3.63, 3.8) is 0 Å². The van der Waals surface area contributed by atoms with E-state index in [1.165, 1.54) is 11.3 Å². The number of hydrogen-bond donors (Lipinski definition) is 1. The smallest absolute Gasteiger partial charge is 0.412 e. The maximum Gasteiger partial charge on any atom is 0.412 e. The summed E-state index contributed by atoms with van der Waals surface area (Å²) in [6.45, 7) is 5.78. The summed E-state index contributed by atoms with van der Waals surface area (Å²) < 4.78 is 10.3. The summed E-state index contributed by atoms with van der Waals surface area (Å²) in [7, 11) is 0. The van der Waals surface area contributed by atoms with Crippen LogP contribution in [0.4, 0.5) is 4.79 Å². The number of amides is 1. The van der Waals surface area contributed by atoms with Gasteiger partial charge in [-0.3, -0.25) is 0 Å². The molecule has 1 rings (SSSR count). The van der Waals surface area contributed by atoms with E-state index >= 15 is 0 Å². The van der Waals surface area contributed by atoms with Crippen molar-refractivity contribution in [1.82, 2.24) is 5.32 Å². The number of nitriles is 1. The number of rotatable bonds is 8. The lowest BCUT2D eigenvalue weighted by atomic mass is 10.2. The molecule has 1 amide bonds. The molecule has 0 aliphatic rings. The normalized spacial score (nSPS) is 10.2. The molecule has 0 saturated heterocycles. The maximum atomic E-state index is 11.9. The van der Waals surface area contributed by atoms with E-state index in [2.05, 4.69) is 11.4 Å². The monoisotopic (exact) mass is 338 g/mol. The van der Waals surface area contributed by atoms with Gasteiger partial charge in [0.1, 0.15) is 10.6 Å². The highest BCUT2D eigenvalue weighted by atomic mass is 32.1. The topological polar surface area (TPSA) is 88.4 Å². The van der Waals surface area contributed by atoms with Crippen molar-refractivity contribution in [2.45, 2.75) is 52.6 Å². The molecule has 0 fully saturated rings. The summed E-state index contributed by atoms with van der Waals surface area (Å²) in [6, 6.07) is 2.08. The van der Waals surface area contributed by atoms with Gasteiger partial charge in [-0.15, -0.1) is 11.3 Å². The minimum atomic E-state index is -0.546. The molecule has 1 heterocycles. The van der Waals surface area contributed by atoms with Crippen LogP contribution in [0.3, 0.4) is 0 Å². The van der Waals surface area contributed by atoms with Gasteiger partial charge in [0, 0.05) is 23.9 Å². The van der Waals surface area contributed by atoms with Gasteiger partial charge in [0.15, 0.2) is 0 Å². The largest absolute Gasteiger partial charge is 0.459 e. The number of unbranched alkanes of at least 4 members (excludes halogenated alkanes) is 3. The van der Waals surface area contributed by atoms with Gasteiger partial charge >= 0.3 is 12.1 Å². The SMILES string of the molecule is Cc1c(OC(=O)NCCCCCC#N)csc1C(=O)OC(C)C. The van der Waals surface area contributed by atoms with Crippen molar-refractivity contribution < 1.29 is 19.1 Å². The van der Waals surface area contributed by atoms with Gasteiger partial charge in [-0.2, -0.15) is 5.26 Å². The third-order valence-corrected chi connectivity index (χ3v) is 4.00. The van der Waals surface area contributed by atoms with Crippen LogP contribution in [0, 0.1) is 18.3 Å². The Labute approximate surface area is 140 Å². The van der Waals surface area contributed by atoms with E-state index in [1.54, 1.807) is 26.2 Å². The van der Waals surface area contributed by atoms with Crippen molar-refractivity contribution in [3.05, 3.63) is 15.8 Å². The number of carbonyl (C=O) groups is 2. The Morgan fingerprint density at radius 3 is 2.74 bits per heavy atom. The molecule has 0 unspecified atom stereocenters. The molecule has 0 saturated carbocycles. The molecule has 0 radical (unpaired) electrons. The van der Waals surface area contributed by atoms with Crippen molar-refractivity contribution >= 4 is 23.4 Å². The molecule has 0 aliphatic carbocycles. The summed E-state index contributed by atoms with van der Waals surface area (Å²) in [5.74, 6) is -0.0389. The number of nitrogens with one attached hydrogen (secondary N) is 1. The molecule has 0 atom stereocenters. The second-order valence-corrected chi connectivity index (χ2v) is 6.17. The lowest BCUT2D eigenvalue weighted by molar-refractivity contribution is 0.0382. The van der Waals surface area contributed by atoms with Crippen molar-refractivity contribution in [2.24, 2.45) is 0 Å². The second-order valence-electron chi connectivity index (χ2n) is 5.29. The summed E-state index contributed by atoms with van der Waals surface area (Å²) in [6.07, 6.45) is 2.31. The predicted octanol–water partition coefficient (Wildman–Crippen LogP) is 3.79. The van der Waals surface area contributed by atoms with Crippen LogP contribution in [-0.2, 0) is 4.74 Å². The number of nitrogens with zero attached hydrogens (tertiary/aromatic N) is 1. The maximum absolute atomic E-state index is 11.9. The molecule has 126 valence electrons. The second kappa shape index (κ2) is 9.85. The Morgan fingerprint density at radius 1 is 1.35 bits per heavy atom. The number of esters is 1. The zero-order valence-corrected chi connectivity index (χ0v) is 14.5. The van der Waals surface area contributed by atoms with Crippen LogP contribution >= 0.6 is 11.3 Å². The third kappa shape index (κ3) is 6.70. The zero-order valence-electron chi connectivity index (χ0n) is 13.7. The molecule has 1 aromatic heterocycles. The first-order valence-electron chi connectivity index (χ1n) is 7.57. The number of hydrogen-bond acceptors (Lipinski definition) is 6. The van der Waals surface area contributed by atoms with E-state index < -0.39 is 12.1 Å². The summed E-state index contributed by atoms with van der Waals surface area (Å²) in [4.78, 5) is 24.0. The van der Waals surface area contributed by atoms with E-state index in [0.717, 1.165) is 19.3 Å². The Balaban J connectivity index is 2.42. The lowest BCUT2D eigenvalue weighted by Gasteiger charge is -2.08. The van der Waals surface area contributed by atoms with Crippen molar-refractivity contribution in [1.29, 1.82) is 5.26 Å². The third-order valence-electron chi connectivity index (χ3n) is 2.96. The van der Waals surface area contributed by atoms with Crippen molar-refractivity contribution in [3.8, 4) is 11.8 Å². The van der Waals surface area contributed by atoms with E-state index in [-0.39, 0.29) is 6.10 Å². The molecule has 23 heavy (non-hydrogen) atoms. The molecular weight excluding hydrogens is 316 g/mol. The summed E-state index contributed by atoms with van der Waals surface area (Å²) >= 11 is 1.20. The molecule has 0 bridgehead atoms. The van der Waals surface area contributed by atoms with Gasteiger partial charge in [-0.25, -0.2) is 9.59 Å². The van der Waals surface area contributed by atoms with Crippen LogP contribution in [0.15, 0.2) is 5.38 Å². The molecule has 1 N–H and O–H groups in total. The average Bonchev–Trinajstić information content (AvgIpc) is 2.83. The molecule has 0 aromatic carbocycles. The lowest BCUT2D eigenvalue weighted by Crippen LogP contribution is -2.27.